The normalized spacial score (nSPS) is 12.5. The van der Waals surface area contributed by atoms with Gasteiger partial charge in [-0.2, -0.15) is 5.10 Å². The molecule has 0 spiro atoms. The molecular formula is C12H21N3O4. The van der Waals surface area contributed by atoms with Gasteiger partial charge in [-0.25, -0.2) is 4.79 Å². The number of methoxy groups -OCH3 is 1. The summed E-state index contributed by atoms with van der Waals surface area (Å²) >= 11 is 0. The molecule has 1 heterocycles. The fraction of sp³-hybridized carbons (Fsp3) is 0.667. The van der Waals surface area contributed by atoms with E-state index in [1.807, 2.05) is 19.0 Å². The van der Waals surface area contributed by atoms with E-state index in [-0.39, 0.29) is 6.61 Å². The predicted molar refractivity (Wildman–Crippen MR) is 68.9 cm³/mol. The second-order valence-corrected chi connectivity index (χ2v) is 4.28. The second kappa shape index (κ2) is 7.10. The molecule has 0 saturated carbocycles. The van der Waals surface area contributed by atoms with Crippen molar-refractivity contribution in [3.63, 3.8) is 0 Å². The fourth-order valence-corrected chi connectivity index (χ4v) is 1.62. The smallest absolute Gasteiger partial charge is 0.341 e. The average Bonchev–Trinajstić information content (AvgIpc) is 2.78. The van der Waals surface area contributed by atoms with E-state index in [1.165, 1.54) is 13.3 Å². The standard InChI is InChI=1S/C12H21N3O4/c1-5-19-12(17)11(16)10-9(18-4)8-13-15(10)7-6-14(2)3/h8,11,16H,5-7H2,1-4H3. The Bertz CT molecular complexity index is 417. The average molecular weight is 271 g/mol. The molecule has 0 aliphatic rings. The summed E-state index contributed by atoms with van der Waals surface area (Å²) in [6.45, 7) is 3.17. The molecule has 0 amide bonds. The molecule has 0 aliphatic carbocycles. The highest BCUT2D eigenvalue weighted by molar-refractivity contribution is 5.76. The number of hydrogen-bond donors (Lipinski definition) is 1. The number of hydrogen-bond acceptors (Lipinski definition) is 6. The van der Waals surface area contributed by atoms with Crippen molar-refractivity contribution in [2.24, 2.45) is 0 Å². The second-order valence-electron chi connectivity index (χ2n) is 4.28. The number of nitrogens with zero attached hydrogens (tertiary/aromatic N) is 3. The highest BCUT2D eigenvalue weighted by Gasteiger charge is 2.27. The monoisotopic (exact) mass is 271 g/mol. The van der Waals surface area contributed by atoms with Gasteiger partial charge in [0, 0.05) is 6.54 Å². The maximum atomic E-state index is 11.6. The van der Waals surface area contributed by atoms with Crippen molar-refractivity contribution in [3.05, 3.63) is 11.9 Å². The van der Waals surface area contributed by atoms with E-state index in [0.717, 1.165) is 6.54 Å². The summed E-state index contributed by atoms with van der Waals surface area (Å²) < 4.78 is 11.5. The van der Waals surface area contributed by atoms with Crippen LogP contribution in [0.15, 0.2) is 6.20 Å². The summed E-state index contributed by atoms with van der Waals surface area (Å²) in [7, 11) is 5.33. The van der Waals surface area contributed by atoms with Crippen molar-refractivity contribution in [1.29, 1.82) is 0 Å². The van der Waals surface area contributed by atoms with Gasteiger partial charge in [-0.15, -0.1) is 0 Å². The van der Waals surface area contributed by atoms with Crippen LogP contribution in [0.2, 0.25) is 0 Å². The molecule has 0 aromatic carbocycles. The van der Waals surface area contributed by atoms with Gasteiger partial charge in [0.05, 0.1) is 26.5 Å². The molecule has 1 aromatic heterocycles. The summed E-state index contributed by atoms with van der Waals surface area (Å²) in [4.78, 5) is 13.6. The Labute approximate surface area is 112 Å². The zero-order valence-electron chi connectivity index (χ0n) is 11.8. The van der Waals surface area contributed by atoms with Crippen LogP contribution in [0.1, 0.15) is 18.7 Å². The third-order valence-corrected chi connectivity index (χ3v) is 2.59. The molecule has 0 bridgehead atoms. The molecule has 0 aliphatic heterocycles. The summed E-state index contributed by atoms with van der Waals surface area (Å²) in [5, 5.41) is 14.2. The van der Waals surface area contributed by atoms with Gasteiger partial charge < -0.3 is 19.5 Å². The topological polar surface area (TPSA) is 76.8 Å². The van der Waals surface area contributed by atoms with Crippen molar-refractivity contribution < 1.29 is 19.4 Å². The maximum Gasteiger partial charge on any atom is 0.341 e. The quantitative estimate of drug-likeness (QED) is 0.706. The molecule has 1 rings (SSSR count). The van der Waals surface area contributed by atoms with E-state index < -0.39 is 12.1 Å². The van der Waals surface area contributed by atoms with Crippen LogP contribution < -0.4 is 4.74 Å². The van der Waals surface area contributed by atoms with Gasteiger partial charge in [0.15, 0.2) is 11.9 Å². The highest BCUT2D eigenvalue weighted by atomic mass is 16.5. The summed E-state index contributed by atoms with van der Waals surface area (Å²) in [6, 6.07) is 0. The van der Waals surface area contributed by atoms with Crippen LogP contribution in [0.5, 0.6) is 5.75 Å². The predicted octanol–water partition coefficient (Wildman–Crippen LogP) is 0.0498. The number of aliphatic hydroxyl groups excluding tert-OH is 1. The van der Waals surface area contributed by atoms with Crippen LogP contribution in [-0.4, -0.2) is 60.1 Å². The third kappa shape index (κ3) is 3.93. The Morgan fingerprint density at radius 1 is 1.58 bits per heavy atom. The number of carbonyl (C=O) groups excluding carboxylic acids is 1. The number of carbonyl (C=O) groups is 1. The minimum Gasteiger partial charge on any atom is -0.493 e. The van der Waals surface area contributed by atoms with Crippen molar-refractivity contribution in [3.8, 4) is 5.75 Å². The third-order valence-electron chi connectivity index (χ3n) is 2.59. The van der Waals surface area contributed by atoms with Crippen molar-refractivity contribution in [1.82, 2.24) is 14.7 Å². The first kappa shape index (κ1) is 15.5. The van der Waals surface area contributed by atoms with Crippen molar-refractivity contribution >= 4 is 5.97 Å². The highest BCUT2D eigenvalue weighted by Crippen LogP contribution is 2.25. The number of aliphatic hydroxyl groups is 1. The van der Waals surface area contributed by atoms with Gasteiger partial charge in [-0.3, -0.25) is 4.68 Å². The largest absolute Gasteiger partial charge is 0.493 e. The van der Waals surface area contributed by atoms with E-state index in [9.17, 15) is 9.90 Å². The summed E-state index contributed by atoms with van der Waals surface area (Å²) in [5.41, 5.74) is 0.322. The van der Waals surface area contributed by atoms with Crippen LogP contribution in [0.25, 0.3) is 0 Å². The first-order valence-corrected chi connectivity index (χ1v) is 6.10. The van der Waals surface area contributed by atoms with Crippen LogP contribution in [-0.2, 0) is 16.1 Å². The summed E-state index contributed by atoms with van der Waals surface area (Å²) in [6.07, 6.45) is 0.0903. The van der Waals surface area contributed by atoms with E-state index in [1.54, 1.807) is 11.6 Å². The van der Waals surface area contributed by atoms with Crippen LogP contribution >= 0.6 is 0 Å². The van der Waals surface area contributed by atoms with Crippen LogP contribution in [0.3, 0.4) is 0 Å². The van der Waals surface area contributed by atoms with Gasteiger partial charge in [0.1, 0.15) is 5.69 Å². The molecule has 19 heavy (non-hydrogen) atoms. The van der Waals surface area contributed by atoms with Crippen molar-refractivity contribution in [2.45, 2.75) is 19.6 Å². The molecule has 1 N–H and O–H groups in total. The van der Waals surface area contributed by atoms with E-state index in [0.29, 0.717) is 18.0 Å². The van der Waals surface area contributed by atoms with Gasteiger partial charge in [-0.05, 0) is 21.0 Å². The fourth-order valence-electron chi connectivity index (χ4n) is 1.62. The molecular weight excluding hydrogens is 250 g/mol. The van der Waals surface area contributed by atoms with Gasteiger partial charge in [0.2, 0.25) is 0 Å². The van der Waals surface area contributed by atoms with Crippen LogP contribution in [0.4, 0.5) is 0 Å². The zero-order valence-corrected chi connectivity index (χ0v) is 11.8. The summed E-state index contributed by atoms with van der Waals surface area (Å²) in [5.74, 6) is -0.327. The van der Waals surface area contributed by atoms with Gasteiger partial charge in [0.25, 0.3) is 0 Å². The van der Waals surface area contributed by atoms with Crippen molar-refractivity contribution in [2.75, 3.05) is 34.4 Å². The van der Waals surface area contributed by atoms with Gasteiger partial charge >= 0.3 is 5.97 Å². The van der Waals surface area contributed by atoms with E-state index in [4.69, 9.17) is 9.47 Å². The van der Waals surface area contributed by atoms with E-state index in [2.05, 4.69) is 5.10 Å². The Morgan fingerprint density at radius 2 is 2.26 bits per heavy atom. The first-order valence-electron chi connectivity index (χ1n) is 6.10. The lowest BCUT2D eigenvalue weighted by Crippen LogP contribution is -2.24. The first-order chi connectivity index (χ1) is 9.01. The number of esters is 1. The zero-order chi connectivity index (χ0) is 14.4. The number of ether oxygens (including phenoxy) is 2. The number of likely N-dealkylation sites (N-methyl/N-ethyl adjacent to an activating group) is 1. The lowest BCUT2D eigenvalue weighted by Gasteiger charge is -2.15. The molecule has 0 fully saturated rings. The van der Waals surface area contributed by atoms with E-state index >= 15 is 0 Å². The molecule has 0 saturated heterocycles. The molecule has 108 valence electrons. The number of rotatable bonds is 7. The maximum absolute atomic E-state index is 11.6. The Hall–Kier alpha value is -1.60. The minimum absolute atomic E-state index is 0.212. The SMILES string of the molecule is CCOC(=O)C(O)c1c(OC)cnn1CCN(C)C. The molecule has 1 aromatic rings. The van der Waals surface area contributed by atoms with Gasteiger partial charge in [-0.1, -0.05) is 0 Å². The molecule has 7 nitrogen and oxygen atoms in total. The van der Waals surface area contributed by atoms with Crippen LogP contribution in [0, 0.1) is 0 Å². The Kier molecular flexibility index (Phi) is 5.78. The minimum atomic E-state index is -1.39. The molecule has 1 unspecified atom stereocenters. The lowest BCUT2D eigenvalue weighted by molar-refractivity contribution is -0.153. The Morgan fingerprint density at radius 3 is 2.79 bits per heavy atom. The molecule has 0 radical (unpaired) electrons. The number of aromatic nitrogens is 2. The molecule has 1 atom stereocenters. The lowest BCUT2D eigenvalue weighted by atomic mass is 10.2. The Balaban J connectivity index is 2.94. The molecule has 7 heteroatoms.